The molecule has 0 spiro atoms. The van der Waals surface area contributed by atoms with E-state index < -0.39 is 0 Å². The molecule has 1 aromatic heterocycles. The van der Waals surface area contributed by atoms with Crippen LogP contribution in [0, 0.1) is 0 Å². The smallest absolute Gasteiger partial charge is 0.193 e. The monoisotopic (exact) mass is 453 g/mol. The van der Waals surface area contributed by atoms with Gasteiger partial charge in [-0.15, -0.1) is 0 Å². The molecule has 0 fully saturated rings. The minimum Gasteiger partial charge on any atom is -0.289 e. The zero-order valence-electron chi connectivity index (χ0n) is 18.5. The number of fused-ring (bicyclic) bond motifs is 6. The van der Waals surface area contributed by atoms with Crippen molar-refractivity contribution in [3.8, 4) is 16.0 Å². The second-order valence-corrected chi connectivity index (χ2v) is 10.8. The van der Waals surface area contributed by atoms with Crippen molar-refractivity contribution < 1.29 is 4.79 Å². The van der Waals surface area contributed by atoms with E-state index >= 15 is 0 Å². The first-order chi connectivity index (χ1) is 16.8. The molecule has 160 valence electrons. The second-order valence-electron chi connectivity index (χ2n) is 8.86. The Kier molecular flexibility index (Phi) is 4.30. The Morgan fingerprint density at radius 2 is 1.15 bits per heavy atom. The van der Waals surface area contributed by atoms with Gasteiger partial charge in [-0.1, -0.05) is 72.8 Å². The summed E-state index contributed by atoms with van der Waals surface area (Å²) in [7, 11) is -0.121. The molecule has 0 N–H and O–H groups in total. The van der Waals surface area contributed by atoms with Gasteiger partial charge in [0.25, 0.3) is 0 Å². The highest BCUT2D eigenvalue weighted by atomic mass is 32.2. The van der Waals surface area contributed by atoms with E-state index in [0.717, 1.165) is 17.5 Å². The van der Waals surface area contributed by atoms with Crippen LogP contribution in [0.3, 0.4) is 0 Å². The Morgan fingerprint density at radius 3 is 1.85 bits per heavy atom. The summed E-state index contributed by atoms with van der Waals surface area (Å²) in [5.74, 6) is 0.0773. The van der Waals surface area contributed by atoms with Crippen LogP contribution in [0.25, 0.3) is 36.2 Å². The van der Waals surface area contributed by atoms with Crippen molar-refractivity contribution >= 4 is 36.4 Å². The van der Waals surface area contributed by atoms with Crippen LogP contribution in [0.15, 0.2) is 115 Å². The molecule has 7 rings (SSSR count). The number of benzene rings is 5. The summed E-state index contributed by atoms with van der Waals surface area (Å²) in [6.07, 6.45) is 0.922. The predicted molar refractivity (Wildman–Crippen MR) is 143 cm³/mol. The van der Waals surface area contributed by atoms with Crippen molar-refractivity contribution in [3.05, 3.63) is 138 Å². The molecule has 2 heteroatoms. The van der Waals surface area contributed by atoms with E-state index in [1.165, 1.54) is 47.3 Å². The van der Waals surface area contributed by atoms with Gasteiger partial charge in [0, 0.05) is 38.4 Å². The Bertz CT molecular complexity index is 1690. The number of carbonyl (C=O) groups excluding carboxylic acids is 1. The van der Waals surface area contributed by atoms with E-state index in [2.05, 4.69) is 78.9 Å². The molecule has 1 aliphatic carbocycles. The SMILES string of the molecule is O=C(c1ccccc1)c1ccc2c(c1)-c1cc(-[s+]3c4ccccc4c4ccccc43)ccc1C2. The van der Waals surface area contributed by atoms with Crippen molar-refractivity contribution in [2.75, 3.05) is 0 Å². The van der Waals surface area contributed by atoms with Crippen molar-refractivity contribution in [1.29, 1.82) is 0 Å². The highest BCUT2D eigenvalue weighted by Gasteiger charge is 2.27. The van der Waals surface area contributed by atoms with Crippen LogP contribution in [0.4, 0.5) is 0 Å². The van der Waals surface area contributed by atoms with E-state index in [-0.39, 0.29) is 16.3 Å². The minimum absolute atomic E-state index is 0.0773. The Labute approximate surface area is 200 Å². The second kappa shape index (κ2) is 7.51. The third-order valence-electron chi connectivity index (χ3n) is 6.90. The molecule has 0 atom stereocenters. The lowest BCUT2D eigenvalue weighted by Crippen LogP contribution is -2.01. The maximum Gasteiger partial charge on any atom is 0.193 e. The number of ketones is 1. The van der Waals surface area contributed by atoms with Gasteiger partial charge < -0.3 is 0 Å². The molecule has 1 aliphatic rings. The first-order valence-electron chi connectivity index (χ1n) is 11.6. The molecule has 5 aromatic carbocycles. The molecule has 1 nitrogen and oxygen atoms in total. The largest absolute Gasteiger partial charge is 0.289 e. The standard InChI is InChI=1S/C32H21OS/c33-32(21-8-2-1-3-9-21)24-15-14-22-18-23-16-17-25(20-29(23)28(22)19-24)34-30-12-6-4-10-26(30)27-11-5-7-13-31(27)34/h1-17,19-20H,18H2/q+1. The topological polar surface area (TPSA) is 17.1 Å². The van der Waals surface area contributed by atoms with Crippen molar-refractivity contribution in [1.82, 2.24) is 0 Å². The van der Waals surface area contributed by atoms with Gasteiger partial charge in [0.1, 0.15) is 0 Å². The summed E-state index contributed by atoms with van der Waals surface area (Å²) in [6, 6.07) is 40.3. The Hall–Kier alpha value is -4.01. The van der Waals surface area contributed by atoms with E-state index in [1.807, 2.05) is 36.4 Å². The van der Waals surface area contributed by atoms with Crippen molar-refractivity contribution in [3.63, 3.8) is 0 Å². The lowest BCUT2D eigenvalue weighted by Gasteiger charge is -2.06. The fourth-order valence-electron chi connectivity index (χ4n) is 5.28. The van der Waals surface area contributed by atoms with Gasteiger partial charge >= 0.3 is 0 Å². The maximum atomic E-state index is 13.1. The first-order valence-corrected chi connectivity index (χ1v) is 12.8. The van der Waals surface area contributed by atoms with Crippen LogP contribution in [0.5, 0.6) is 0 Å². The summed E-state index contributed by atoms with van der Waals surface area (Å²) in [6.45, 7) is 0. The normalized spacial score (nSPS) is 12.1. The van der Waals surface area contributed by atoms with E-state index in [1.54, 1.807) is 0 Å². The molecule has 1 heterocycles. The van der Waals surface area contributed by atoms with Gasteiger partial charge in [-0.25, -0.2) is 0 Å². The molecular weight excluding hydrogens is 432 g/mol. The summed E-state index contributed by atoms with van der Waals surface area (Å²) < 4.78 is 2.80. The highest BCUT2D eigenvalue weighted by molar-refractivity contribution is 7.50. The first kappa shape index (κ1) is 19.5. The van der Waals surface area contributed by atoms with Crippen LogP contribution < -0.4 is 0 Å². The van der Waals surface area contributed by atoms with Crippen LogP contribution >= 0.6 is 10.5 Å². The third kappa shape index (κ3) is 2.89. The van der Waals surface area contributed by atoms with Gasteiger partial charge in [0.05, 0.1) is 0 Å². The molecule has 0 unspecified atom stereocenters. The molecule has 0 aliphatic heterocycles. The maximum absolute atomic E-state index is 13.1. The molecule has 0 bridgehead atoms. The molecular formula is C32H21OS+. The molecule has 0 amide bonds. The summed E-state index contributed by atoms with van der Waals surface area (Å²) in [5, 5.41) is 2.69. The van der Waals surface area contributed by atoms with Crippen molar-refractivity contribution in [2.24, 2.45) is 0 Å². The van der Waals surface area contributed by atoms with E-state index in [9.17, 15) is 4.79 Å². The van der Waals surface area contributed by atoms with Gasteiger partial charge in [0.2, 0.25) is 0 Å². The summed E-state index contributed by atoms with van der Waals surface area (Å²) in [5.41, 5.74) is 6.59. The number of rotatable bonds is 3. The average Bonchev–Trinajstić information content (AvgIpc) is 3.43. The number of carbonyl (C=O) groups is 1. The fourth-order valence-corrected chi connectivity index (χ4v) is 7.69. The summed E-state index contributed by atoms with van der Waals surface area (Å²) in [4.78, 5) is 14.4. The zero-order chi connectivity index (χ0) is 22.6. The summed E-state index contributed by atoms with van der Waals surface area (Å²) >= 11 is 0. The van der Waals surface area contributed by atoms with Gasteiger partial charge in [-0.05, 0) is 65.1 Å². The minimum atomic E-state index is -0.121. The quantitative estimate of drug-likeness (QED) is 0.193. The number of hydrogen-bond donors (Lipinski definition) is 0. The van der Waals surface area contributed by atoms with Crippen LogP contribution in [-0.2, 0) is 6.42 Å². The van der Waals surface area contributed by atoms with Crippen LogP contribution in [0.1, 0.15) is 27.0 Å². The number of hydrogen-bond acceptors (Lipinski definition) is 1. The van der Waals surface area contributed by atoms with E-state index in [4.69, 9.17) is 0 Å². The third-order valence-corrected chi connectivity index (χ3v) is 9.22. The van der Waals surface area contributed by atoms with Gasteiger partial charge in [-0.2, -0.15) is 0 Å². The average molecular weight is 454 g/mol. The zero-order valence-corrected chi connectivity index (χ0v) is 19.3. The van der Waals surface area contributed by atoms with Crippen molar-refractivity contribution in [2.45, 2.75) is 6.42 Å². The lowest BCUT2D eigenvalue weighted by atomic mass is 9.98. The molecule has 0 saturated carbocycles. The van der Waals surface area contributed by atoms with Crippen LogP contribution in [-0.4, -0.2) is 5.78 Å². The van der Waals surface area contributed by atoms with E-state index in [0.29, 0.717) is 0 Å². The molecule has 34 heavy (non-hydrogen) atoms. The Morgan fingerprint density at radius 1 is 0.559 bits per heavy atom. The predicted octanol–water partition coefficient (Wildman–Crippen LogP) is 8.53. The molecule has 0 saturated heterocycles. The van der Waals surface area contributed by atoms with Crippen LogP contribution in [0.2, 0.25) is 0 Å². The molecule has 0 radical (unpaired) electrons. The fraction of sp³-hybridized carbons (Fsp3) is 0.0312. The molecule has 6 aromatic rings. The van der Waals surface area contributed by atoms with Gasteiger partial charge in [0.15, 0.2) is 20.1 Å². The highest BCUT2D eigenvalue weighted by Crippen LogP contribution is 2.50. The lowest BCUT2D eigenvalue weighted by molar-refractivity contribution is 0.103. The Balaban J connectivity index is 1.40. The van der Waals surface area contributed by atoms with Gasteiger partial charge in [-0.3, -0.25) is 4.79 Å². The number of thiophene rings is 1.